The molecular weight excluding hydrogens is 362 g/mol. The van der Waals surface area contributed by atoms with Gasteiger partial charge in [0.1, 0.15) is 23.6 Å². The first-order valence-corrected chi connectivity index (χ1v) is 8.46. The number of nitrogens with one attached hydrogen (secondary N) is 3. The number of allylic oxidation sites excluding steroid dienone is 4. The monoisotopic (exact) mass is 385 g/mol. The van der Waals surface area contributed by atoms with Crippen molar-refractivity contribution in [2.75, 3.05) is 13.7 Å². The average molecular weight is 385 g/mol. The number of primary amides is 1. The molecule has 0 aliphatic heterocycles. The lowest BCUT2D eigenvalue weighted by atomic mass is 9.99. The molecular formula is C19H23N5O4. The van der Waals surface area contributed by atoms with Crippen LogP contribution in [0.1, 0.15) is 12.5 Å². The fourth-order valence-corrected chi connectivity index (χ4v) is 2.33. The zero-order valence-electron chi connectivity index (χ0n) is 15.7. The van der Waals surface area contributed by atoms with Crippen LogP contribution in [0.15, 0.2) is 59.8 Å². The van der Waals surface area contributed by atoms with Crippen molar-refractivity contribution in [3.05, 3.63) is 65.3 Å². The highest BCUT2D eigenvalue weighted by molar-refractivity contribution is 6.15. The lowest BCUT2D eigenvalue weighted by Crippen LogP contribution is -2.58. The normalized spacial score (nSPS) is 17.2. The van der Waals surface area contributed by atoms with Crippen LogP contribution in [0.3, 0.4) is 0 Å². The van der Waals surface area contributed by atoms with Gasteiger partial charge >= 0.3 is 0 Å². The van der Waals surface area contributed by atoms with Gasteiger partial charge in [-0.25, -0.2) is 0 Å². The van der Waals surface area contributed by atoms with Crippen molar-refractivity contribution in [2.45, 2.75) is 19.1 Å². The van der Waals surface area contributed by atoms with Gasteiger partial charge in [-0.1, -0.05) is 6.07 Å². The number of rotatable bonds is 8. The first-order chi connectivity index (χ1) is 13.3. The Labute approximate surface area is 162 Å². The maximum absolute atomic E-state index is 12.6. The molecule has 0 fully saturated rings. The van der Waals surface area contributed by atoms with Crippen molar-refractivity contribution in [2.24, 2.45) is 5.73 Å². The van der Waals surface area contributed by atoms with Crippen molar-refractivity contribution in [3.8, 4) is 0 Å². The summed E-state index contributed by atoms with van der Waals surface area (Å²) in [5.41, 5.74) is 4.89. The number of likely N-dealkylation sites (N-methyl/N-ethyl adjacent to an activating group) is 1. The first-order valence-electron chi connectivity index (χ1n) is 8.46. The van der Waals surface area contributed by atoms with E-state index in [1.807, 2.05) is 6.07 Å². The molecule has 0 radical (unpaired) electrons. The van der Waals surface area contributed by atoms with Gasteiger partial charge < -0.3 is 31.6 Å². The highest BCUT2D eigenvalue weighted by atomic mass is 16.5. The second kappa shape index (κ2) is 8.96. The second-order valence-electron chi connectivity index (χ2n) is 6.29. The van der Waals surface area contributed by atoms with Crippen molar-refractivity contribution in [1.29, 1.82) is 5.41 Å². The molecule has 1 unspecified atom stereocenters. The molecule has 2 amide bonds. The summed E-state index contributed by atoms with van der Waals surface area (Å²) in [4.78, 5) is 28.2. The van der Waals surface area contributed by atoms with Crippen LogP contribution in [0.2, 0.25) is 0 Å². The third kappa shape index (κ3) is 4.83. The van der Waals surface area contributed by atoms with Gasteiger partial charge in [-0.3, -0.25) is 14.6 Å². The van der Waals surface area contributed by atoms with Crippen molar-refractivity contribution in [3.63, 3.8) is 0 Å². The van der Waals surface area contributed by atoms with E-state index < -0.39 is 24.0 Å². The van der Waals surface area contributed by atoms with Gasteiger partial charge in [0.15, 0.2) is 0 Å². The van der Waals surface area contributed by atoms with Gasteiger partial charge in [-0.15, -0.1) is 0 Å². The Kier molecular flexibility index (Phi) is 6.67. The lowest BCUT2D eigenvalue weighted by Gasteiger charge is -2.26. The summed E-state index contributed by atoms with van der Waals surface area (Å²) in [6.07, 6.45) is 8.00. The van der Waals surface area contributed by atoms with E-state index in [1.54, 1.807) is 30.6 Å². The molecule has 0 saturated heterocycles. The maximum atomic E-state index is 12.6. The topological polar surface area (TPSA) is 150 Å². The zero-order valence-corrected chi connectivity index (χ0v) is 15.7. The van der Waals surface area contributed by atoms with Crippen molar-refractivity contribution < 1.29 is 19.4 Å². The number of pyridine rings is 1. The molecule has 1 heterocycles. The molecule has 9 heteroatoms. The summed E-state index contributed by atoms with van der Waals surface area (Å²) in [5.74, 6) is -1.11. The minimum Gasteiger partial charge on any atom is -0.489 e. The summed E-state index contributed by atoms with van der Waals surface area (Å²) in [7, 11) is 1.51. The number of hydrogen-bond donors (Lipinski definition) is 5. The number of hydrogen-bond acceptors (Lipinski definition) is 7. The Morgan fingerprint density at radius 2 is 2.14 bits per heavy atom. The third-order valence-electron chi connectivity index (χ3n) is 4.12. The number of carbonyl (C=O) groups excluding carboxylic acids is 2. The molecule has 1 aromatic heterocycles. The summed E-state index contributed by atoms with van der Waals surface area (Å²) in [6.45, 7) is 0.929. The Morgan fingerprint density at radius 3 is 2.71 bits per heavy atom. The predicted molar refractivity (Wildman–Crippen MR) is 103 cm³/mol. The van der Waals surface area contributed by atoms with E-state index in [-0.39, 0.29) is 23.6 Å². The predicted octanol–water partition coefficient (Wildman–Crippen LogP) is -0.102. The maximum Gasteiger partial charge on any atom is 0.268 e. The standard InChI is InChI=1S/C19H23N5O4/c1-19(11-25,18(21)27)24-17(26)16(22-2)14-8-13(5-6-15(14)20)28-10-12-4-3-7-23-9-12/h3-9,20,22,25H,10-11H2,1-2H3,(H2,21,27)(H,24,26)/b16-14-,20-15?. The smallest absolute Gasteiger partial charge is 0.268 e. The molecule has 6 N–H and O–H groups in total. The van der Waals surface area contributed by atoms with Gasteiger partial charge in [0.05, 0.1) is 12.3 Å². The Hall–Kier alpha value is -3.46. The van der Waals surface area contributed by atoms with E-state index in [0.29, 0.717) is 5.76 Å². The van der Waals surface area contributed by atoms with Gasteiger partial charge in [-0.2, -0.15) is 0 Å². The van der Waals surface area contributed by atoms with Gasteiger partial charge in [0.25, 0.3) is 5.91 Å². The number of nitrogens with zero attached hydrogens (tertiary/aromatic N) is 1. The van der Waals surface area contributed by atoms with E-state index in [0.717, 1.165) is 5.56 Å². The fraction of sp³-hybridized carbons (Fsp3) is 0.263. The molecule has 0 spiro atoms. The Balaban J connectivity index is 2.26. The Bertz CT molecular complexity index is 860. The van der Waals surface area contributed by atoms with Crippen LogP contribution in [0.25, 0.3) is 0 Å². The van der Waals surface area contributed by atoms with Gasteiger partial charge in [0, 0.05) is 30.6 Å². The molecule has 0 aromatic carbocycles. The van der Waals surface area contributed by atoms with E-state index in [2.05, 4.69) is 15.6 Å². The van der Waals surface area contributed by atoms with Crippen LogP contribution in [0.5, 0.6) is 0 Å². The number of carbonyl (C=O) groups is 2. The molecule has 0 saturated carbocycles. The molecule has 9 nitrogen and oxygen atoms in total. The van der Waals surface area contributed by atoms with Crippen LogP contribution in [0, 0.1) is 5.41 Å². The van der Waals surface area contributed by atoms with Crippen LogP contribution in [-0.2, 0) is 20.9 Å². The number of aliphatic hydroxyl groups excluding tert-OH is 1. The summed E-state index contributed by atoms with van der Waals surface area (Å²) in [5, 5.41) is 22.6. The molecule has 28 heavy (non-hydrogen) atoms. The average Bonchev–Trinajstić information content (AvgIpc) is 2.69. The SMILES string of the molecule is CN/C(C(=O)NC(C)(CO)C(N)=O)=C1/C=C(OCc2cccnc2)C=CC1=N. The zero-order chi connectivity index (χ0) is 20.7. The molecule has 1 atom stereocenters. The van der Waals surface area contributed by atoms with E-state index >= 15 is 0 Å². The third-order valence-corrected chi connectivity index (χ3v) is 4.12. The number of nitrogens with two attached hydrogens (primary N) is 1. The number of ether oxygens (including phenoxy) is 1. The van der Waals surface area contributed by atoms with Crippen LogP contribution >= 0.6 is 0 Å². The van der Waals surface area contributed by atoms with Gasteiger partial charge in [-0.05, 0) is 31.2 Å². The Morgan fingerprint density at radius 1 is 1.39 bits per heavy atom. The molecule has 0 bridgehead atoms. The lowest BCUT2D eigenvalue weighted by molar-refractivity contribution is -0.131. The minimum atomic E-state index is -1.63. The second-order valence-corrected chi connectivity index (χ2v) is 6.29. The molecule has 1 aliphatic carbocycles. The van der Waals surface area contributed by atoms with Crippen LogP contribution in [0.4, 0.5) is 0 Å². The summed E-state index contributed by atoms with van der Waals surface area (Å²) in [6, 6.07) is 3.66. The highest BCUT2D eigenvalue weighted by Gasteiger charge is 2.33. The minimum absolute atomic E-state index is 0.0396. The number of aliphatic hydroxyl groups is 1. The van der Waals surface area contributed by atoms with E-state index in [9.17, 15) is 14.7 Å². The molecule has 2 rings (SSSR count). The summed E-state index contributed by atoms with van der Waals surface area (Å²) >= 11 is 0. The quantitative estimate of drug-likeness (QED) is 0.394. The van der Waals surface area contributed by atoms with E-state index in [1.165, 1.54) is 20.0 Å². The van der Waals surface area contributed by atoms with Crippen LogP contribution < -0.4 is 16.4 Å². The van der Waals surface area contributed by atoms with Crippen molar-refractivity contribution in [1.82, 2.24) is 15.6 Å². The molecule has 1 aliphatic rings. The van der Waals surface area contributed by atoms with Crippen molar-refractivity contribution >= 4 is 17.5 Å². The van der Waals surface area contributed by atoms with E-state index in [4.69, 9.17) is 15.9 Å². The number of amides is 2. The molecule has 1 aromatic rings. The van der Waals surface area contributed by atoms with Gasteiger partial charge in [0.2, 0.25) is 5.91 Å². The highest BCUT2D eigenvalue weighted by Crippen LogP contribution is 2.19. The van der Waals surface area contributed by atoms with Crippen LogP contribution in [-0.4, -0.2) is 46.8 Å². The largest absolute Gasteiger partial charge is 0.489 e. The first kappa shape index (κ1) is 20.8. The fourth-order valence-electron chi connectivity index (χ4n) is 2.33. The molecule has 148 valence electrons. The number of aromatic nitrogens is 1. The summed E-state index contributed by atoms with van der Waals surface area (Å²) < 4.78 is 5.71.